The highest BCUT2D eigenvalue weighted by atomic mass is 32.2. The van der Waals surface area contributed by atoms with E-state index in [1.807, 2.05) is 24.3 Å². The number of carbonyl (C=O) groups excluding carboxylic acids is 1. The smallest absolute Gasteiger partial charge is 0.340 e. The Balaban J connectivity index is 1.57. The van der Waals surface area contributed by atoms with Crippen LogP contribution in [0, 0.1) is 0 Å². The molecule has 5 nitrogen and oxygen atoms in total. The lowest BCUT2D eigenvalue weighted by atomic mass is 10.1. The number of halogens is 3. The molecule has 0 unspecified atom stereocenters. The molecular formula is C22H25F3N2O3S. The van der Waals surface area contributed by atoms with Gasteiger partial charge in [0, 0.05) is 32.6 Å². The number of hydrogen-bond acceptors (Lipinski definition) is 3. The zero-order valence-electron chi connectivity index (χ0n) is 17.2. The molecule has 9 heteroatoms. The van der Waals surface area contributed by atoms with Gasteiger partial charge in [-0.1, -0.05) is 37.3 Å². The predicted molar refractivity (Wildman–Crippen MR) is 111 cm³/mol. The number of alkyl halides is 3. The molecule has 0 saturated carbocycles. The molecule has 3 rings (SSSR count). The van der Waals surface area contributed by atoms with Gasteiger partial charge < -0.3 is 4.90 Å². The molecule has 1 fully saturated rings. The maximum absolute atomic E-state index is 12.9. The second-order valence-corrected chi connectivity index (χ2v) is 9.42. The van der Waals surface area contributed by atoms with Crippen molar-refractivity contribution < 1.29 is 26.4 Å². The summed E-state index contributed by atoms with van der Waals surface area (Å²) in [6.45, 7) is 2.61. The average Bonchev–Trinajstić information content (AvgIpc) is 2.77. The first kappa shape index (κ1) is 23.3. The Morgan fingerprint density at radius 1 is 0.968 bits per heavy atom. The summed E-state index contributed by atoms with van der Waals surface area (Å²) in [5.74, 6) is -0.0596. The van der Waals surface area contributed by atoms with Crippen LogP contribution < -0.4 is 0 Å². The second kappa shape index (κ2) is 9.40. The van der Waals surface area contributed by atoms with Crippen LogP contribution in [-0.2, 0) is 33.8 Å². The Kier molecular flexibility index (Phi) is 7.06. The van der Waals surface area contributed by atoms with Crippen molar-refractivity contribution in [1.29, 1.82) is 0 Å². The number of nitrogens with zero attached hydrogens (tertiary/aromatic N) is 2. The lowest BCUT2D eigenvalue weighted by Crippen LogP contribution is -2.50. The van der Waals surface area contributed by atoms with Crippen LogP contribution in [0.1, 0.15) is 30.0 Å². The second-order valence-electron chi connectivity index (χ2n) is 7.48. The van der Waals surface area contributed by atoms with E-state index >= 15 is 0 Å². The number of hydrogen-bond donors (Lipinski definition) is 0. The van der Waals surface area contributed by atoms with Gasteiger partial charge in [0.1, 0.15) is 0 Å². The van der Waals surface area contributed by atoms with E-state index in [0.29, 0.717) is 18.9 Å². The van der Waals surface area contributed by atoms with Gasteiger partial charge in [0.15, 0.2) is 0 Å². The van der Waals surface area contributed by atoms with Crippen molar-refractivity contribution in [1.82, 2.24) is 9.21 Å². The van der Waals surface area contributed by atoms with Crippen LogP contribution in [0.15, 0.2) is 53.4 Å². The largest absolute Gasteiger partial charge is 0.416 e. The van der Waals surface area contributed by atoms with Crippen molar-refractivity contribution in [3.05, 3.63) is 65.2 Å². The summed E-state index contributed by atoms with van der Waals surface area (Å²) in [6, 6.07) is 11.8. The van der Waals surface area contributed by atoms with Gasteiger partial charge in [0.25, 0.3) is 0 Å². The van der Waals surface area contributed by atoms with Gasteiger partial charge in [-0.2, -0.15) is 17.5 Å². The third-order valence-electron chi connectivity index (χ3n) is 5.45. The number of carbonyl (C=O) groups is 1. The first-order valence-electron chi connectivity index (χ1n) is 10.1. The first-order valence-corrected chi connectivity index (χ1v) is 11.6. The van der Waals surface area contributed by atoms with Crippen molar-refractivity contribution in [2.45, 2.75) is 37.3 Å². The first-order chi connectivity index (χ1) is 14.6. The fraction of sp³-hybridized carbons (Fsp3) is 0.409. The normalized spacial score (nSPS) is 15.8. The third kappa shape index (κ3) is 5.65. The van der Waals surface area contributed by atoms with E-state index in [0.717, 1.165) is 34.5 Å². The number of benzene rings is 2. The molecule has 1 aliphatic heterocycles. The van der Waals surface area contributed by atoms with Gasteiger partial charge in [0.05, 0.1) is 10.5 Å². The SMILES string of the molecule is CCc1ccc(CCC(=O)N2CCN(S(=O)(=O)c3cccc(C(F)(F)F)c3)CC2)cc1. The van der Waals surface area contributed by atoms with E-state index in [9.17, 15) is 26.4 Å². The molecule has 0 aromatic heterocycles. The Bertz CT molecular complexity index is 1010. The van der Waals surface area contributed by atoms with E-state index in [4.69, 9.17) is 0 Å². The van der Waals surface area contributed by atoms with Crippen LogP contribution in [0.4, 0.5) is 13.2 Å². The minimum atomic E-state index is -4.62. The number of aryl methyl sites for hydroxylation is 2. The minimum absolute atomic E-state index is 0.0511. The summed E-state index contributed by atoms with van der Waals surface area (Å²) in [7, 11) is -4.06. The van der Waals surface area contributed by atoms with Gasteiger partial charge in [-0.05, 0) is 42.2 Å². The Labute approximate surface area is 180 Å². The minimum Gasteiger partial charge on any atom is -0.340 e. The molecule has 0 bridgehead atoms. The number of rotatable bonds is 6. The van der Waals surface area contributed by atoms with E-state index in [1.165, 1.54) is 5.56 Å². The molecule has 1 aliphatic rings. The molecular weight excluding hydrogens is 429 g/mol. The molecule has 0 N–H and O–H groups in total. The lowest BCUT2D eigenvalue weighted by Gasteiger charge is -2.34. The molecule has 1 heterocycles. The Morgan fingerprint density at radius 2 is 1.58 bits per heavy atom. The summed E-state index contributed by atoms with van der Waals surface area (Å²) >= 11 is 0. The monoisotopic (exact) mass is 454 g/mol. The maximum Gasteiger partial charge on any atom is 0.416 e. The molecule has 0 atom stereocenters. The van der Waals surface area contributed by atoms with Gasteiger partial charge in [-0.3, -0.25) is 4.79 Å². The molecule has 1 amide bonds. The van der Waals surface area contributed by atoms with Crippen molar-refractivity contribution in [2.75, 3.05) is 26.2 Å². The topological polar surface area (TPSA) is 57.7 Å². The van der Waals surface area contributed by atoms with Crippen LogP contribution >= 0.6 is 0 Å². The van der Waals surface area contributed by atoms with Crippen molar-refractivity contribution >= 4 is 15.9 Å². The Morgan fingerprint density at radius 3 is 2.16 bits per heavy atom. The summed E-state index contributed by atoms with van der Waals surface area (Å²) < 4.78 is 65.4. The summed E-state index contributed by atoms with van der Waals surface area (Å²) in [4.78, 5) is 13.7. The van der Waals surface area contributed by atoms with Crippen molar-refractivity contribution in [3.8, 4) is 0 Å². The standard InChI is InChI=1S/C22H25F3N2O3S/c1-2-17-6-8-18(9-7-17)10-11-21(28)26-12-14-27(15-13-26)31(29,30)20-5-3-4-19(16-20)22(23,24)25/h3-9,16H,2,10-15H2,1H3. The molecule has 2 aromatic rings. The van der Waals surface area contributed by atoms with Crippen LogP contribution in [0.3, 0.4) is 0 Å². The zero-order valence-corrected chi connectivity index (χ0v) is 18.0. The van der Waals surface area contributed by atoms with Gasteiger partial charge in [-0.25, -0.2) is 8.42 Å². The summed E-state index contributed by atoms with van der Waals surface area (Å²) in [5, 5.41) is 0. The summed E-state index contributed by atoms with van der Waals surface area (Å²) in [5.41, 5.74) is 1.29. The fourth-order valence-electron chi connectivity index (χ4n) is 3.51. The highest BCUT2D eigenvalue weighted by molar-refractivity contribution is 7.89. The third-order valence-corrected chi connectivity index (χ3v) is 7.34. The fourth-order valence-corrected chi connectivity index (χ4v) is 4.98. The molecule has 31 heavy (non-hydrogen) atoms. The molecule has 1 saturated heterocycles. The van der Waals surface area contributed by atoms with Gasteiger partial charge in [-0.15, -0.1) is 0 Å². The quantitative estimate of drug-likeness (QED) is 0.668. The predicted octanol–water partition coefficient (Wildman–Crippen LogP) is 3.73. The van der Waals surface area contributed by atoms with Gasteiger partial charge >= 0.3 is 6.18 Å². The highest BCUT2D eigenvalue weighted by Crippen LogP contribution is 2.31. The molecule has 0 spiro atoms. The van der Waals surface area contributed by atoms with Crippen LogP contribution in [0.5, 0.6) is 0 Å². The zero-order chi connectivity index (χ0) is 22.6. The number of sulfonamides is 1. The molecule has 168 valence electrons. The molecule has 2 aromatic carbocycles. The van der Waals surface area contributed by atoms with Crippen LogP contribution in [0.25, 0.3) is 0 Å². The number of piperazine rings is 1. The van der Waals surface area contributed by atoms with Crippen LogP contribution in [0.2, 0.25) is 0 Å². The lowest BCUT2D eigenvalue weighted by molar-refractivity contribution is -0.137. The van der Waals surface area contributed by atoms with Crippen molar-refractivity contribution in [3.63, 3.8) is 0 Å². The van der Waals surface area contributed by atoms with E-state index < -0.39 is 26.7 Å². The van der Waals surface area contributed by atoms with Gasteiger partial charge in [0.2, 0.25) is 15.9 Å². The van der Waals surface area contributed by atoms with Crippen LogP contribution in [-0.4, -0.2) is 49.7 Å². The van der Waals surface area contributed by atoms with E-state index in [2.05, 4.69) is 6.92 Å². The Hall–Kier alpha value is -2.39. The van der Waals surface area contributed by atoms with E-state index in [-0.39, 0.29) is 32.1 Å². The average molecular weight is 455 g/mol. The molecule has 0 aliphatic carbocycles. The maximum atomic E-state index is 12.9. The molecule has 0 radical (unpaired) electrons. The number of amides is 1. The van der Waals surface area contributed by atoms with Crippen molar-refractivity contribution in [2.24, 2.45) is 0 Å². The van der Waals surface area contributed by atoms with E-state index in [1.54, 1.807) is 4.90 Å². The highest BCUT2D eigenvalue weighted by Gasteiger charge is 2.34. The summed E-state index contributed by atoms with van der Waals surface area (Å²) in [6.07, 6.45) is -2.74.